The molecule has 1 aromatic heterocycles. The van der Waals surface area contributed by atoms with Gasteiger partial charge in [-0.2, -0.15) is 0 Å². The predicted octanol–water partition coefficient (Wildman–Crippen LogP) is 3.34. The van der Waals surface area contributed by atoms with E-state index in [1.165, 1.54) is 30.6 Å². The Morgan fingerprint density at radius 1 is 1.22 bits per heavy atom. The summed E-state index contributed by atoms with van der Waals surface area (Å²) >= 11 is 0. The highest BCUT2D eigenvalue weighted by Gasteiger charge is 2.31. The summed E-state index contributed by atoms with van der Waals surface area (Å²) in [7, 11) is -0.348. The highest BCUT2D eigenvalue weighted by Crippen LogP contribution is 2.29. The van der Waals surface area contributed by atoms with E-state index >= 15 is 0 Å². The van der Waals surface area contributed by atoms with Gasteiger partial charge in [-0.1, -0.05) is 19.4 Å². The van der Waals surface area contributed by atoms with Crippen LogP contribution in [0.15, 0.2) is 18.2 Å². The van der Waals surface area contributed by atoms with Crippen LogP contribution in [0, 0.1) is 0 Å². The molecule has 1 aromatic carbocycles. The lowest BCUT2D eigenvalue weighted by atomic mass is 9.77. The molecular weight excluding hydrogens is 337 g/mol. The summed E-state index contributed by atoms with van der Waals surface area (Å²) in [6, 6.07) is 7.26. The zero-order chi connectivity index (χ0) is 19.0. The number of aromatic nitrogens is 2. The van der Waals surface area contributed by atoms with Crippen LogP contribution in [0.1, 0.15) is 59.2 Å². The minimum atomic E-state index is -0.348. The van der Waals surface area contributed by atoms with Gasteiger partial charge in [0.05, 0.1) is 17.6 Å². The van der Waals surface area contributed by atoms with E-state index in [2.05, 4.69) is 48.4 Å². The predicted molar refractivity (Wildman–Crippen MR) is 110 cm³/mol. The summed E-state index contributed by atoms with van der Waals surface area (Å²) in [5.41, 5.74) is 3.12. The second-order valence-electron chi connectivity index (χ2n) is 8.50. The van der Waals surface area contributed by atoms with Gasteiger partial charge in [-0.3, -0.25) is 4.90 Å². The van der Waals surface area contributed by atoms with Crippen molar-refractivity contribution in [1.29, 1.82) is 0 Å². The van der Waals surface area contributed by atoms with Crippen LogP contribution < -0.4 is 5.46 Å². The van der Waals surface area contributed by atoms with E-state index in [-0.39, 0.29) is 12.7 Å². The van der Waals surface area contributed by atoms with Gasteiger partial charge in [-0.15, -0.1) is 0 Å². The highest BCUT2D eigenvalue weighted by atomic mass is 16.6. The first-order valence-corrected chi connectivity index (χ1v) is 10.5. The van der Waals surface area contributed by atoms with Crippen LogP contribution in [-0.2, 0) is 22.4 Å². The van der Waals surface area contributed by atoms with Crippen LogP contribution in [0.4, 0.5) is 0 Å². The van der Waals surface area contributed by atoms with E-state index in [9.17, 15) is 0 Å². The average Bonchev–Trinajstić information content (AvgIpc) is 2.96. The van der Waals surface area contributed by atoms with Crippen LogP contribution in [0.25, 0.3) is 11.0 Å². The molecule has 2 aliphatic rings. The SMILES string of the molecule is CCOB(OC(C)(C)CC)c1ccc2c(c1)nc1n2CCN(C2CCC2)C1. The number of hydrogen-bond acceptors (Lipinski definition) is 4. The number of nitrogens with zero attached hydrogens (tertiary/aromatic N) is 3. The van der Waals surface area contributed by atoms with E-state index in [0.717, 1.165) is 43.1 Å². The molecule has 0 bridgehead atoms. The molecule has 0 N–H and O–H groups in total. The Bertz CT molecular complexity index is 800. The molecule has 0 amide bonds. The summed E-state index contributed by atoms with van der Waals surface area (Å²) in [5, 5.41) is 0. The number of fused-ring (bicyclic) bond motifs is 3. The van der Waals surface area contributed by atoms with Crippen molar-refractivity contribution in [2.75, 3.05) is 13.2 Å². The number of benzene rings is 1. The fraction of sp³-hybridized carbons (Fsp3) is 0.667. The van der Waals surface area contributed by atoms with Crippen LogP contribution in [0.5, 0.6) is 0 Å². The van der Waals surface area contributed by atoms with Crippen LogP contribution >= 0.6 is 0 Å². The maximum atomic E-state index is 6.27. The van der Waals surface area contributed by atoms with Crippen LogP contribution in [0.2, 0.25) is 0 Å². The molecule has 0 spiro atoms. The lowest BCUT2D eigenvalue weighted by Gasteiger charge is -2.39. The molecular formula is C21H32BN3O2. The molecule has 0 saturated heterocycles. The van der Waals surface area contributed by atoms with Crippen molar-refractivity contribution in [3.05, 3.63) is 24.0 Å². The normalized spacial score (nSPS) is 18.5. The maximum Gasteiger partial charge on any atom is 0.494 e. The topological polar surface area (TPSA) is 39.5 Å². The van der Waals surface area contributed by atoms with Gasteiger partial charge < -0.3 is 13.9 Å². The molecule has 1 fully saturated rings. The molecule has 1 aliphatic carbocycles. The van der Waals surface area contributed by atoms with Crippen LogP contribution in [-0.4, -0.2) is 46.4 Å². The highest BCUT2D eigenvalue weighted by molar-refractivity contribution is 6.61. The van der Waals surface area contributed by atoms with E-state index in [0.29, 0.717) is 6.61 Å². The average molecular weight is 369 g/mol. The molecule has 4 rings (SSSR count). The van der Waals surface area contributed by atoms with Gasteiger partial charge in [0.15, 0.2) is 0 Å². The molecule has 1 saturated carbocycles. The Morgan fingerprint density at radius 3 is 2.70 bits per heavy atom. The van der Waals surface area contributed by atoms with E-state index in [1.807, 2.05) is 6.92 Å². The molecule has 2 aromatic rings. The van der Waals surface area contributed by atoms with Crippen molar-refractivity contribution in [3.8, 4) is 0 Å². The van der Waals surface area contributed by atoms with Crippen molar-refractivity contribution < 1.29 is 9.31 Å². The largest absolute Gasteiger partial charge is 0.494 e. The summed E-state index contributed by atoms with van der Waals surface area (Å²) in [4.78, 5) is 7.59. The van der Waals surface area contributed by atoms with Gasteiger partial charge in [-0.25, -0.2) is 4.98 Å². The third-order valence-corrected chi connectivity index (χ3v) is 6.27. The van der Waals surface area contributed by atoms with Gasteiger partial charge in [-0.05, 0) is 57.6 Å². The first kappa shape index (κ1) is 19.0. The van der Waals surface area contributed by atoms with Crippen molar-refractivity contribution in [2.45, 2.75) is 78.1 Å². The van der Waals surface area contributed by atoms with Crippen molar-refractivity contribution in [2.24, 2.45) is 0 Å². The third-order valence-electron chi connectivity index (χ3n) is 6.27. The Labute approximate surface area is 163 Å². The maximum absolute atomic E-state index is 6.27. The van der Waals surface area contributed by atoms with Gasteiger partial charge in [0.25, 0.3) is 0 Å². The zero-order valence-electron chi connectivity index (χ0n) is 17.2. The summed E-state index contributed by atoms with van der Waals surface area (Å²) in [6.07, 6.45) is 5.03. The van der Waals surface area contributed by atoms with E-state index < -0.39 is 0 Å². The zero-order valence-corrected chi connectivity index (χ0v) is 17.2. The molecule has 27 heavy (non-hydrogen) atoms. The lowest BCUT2D eigenvalue weighted by molar-refractivity contribution is 0.0706. The second-order valence-corrected chi connectivity index (χ2v) is 8.50. The Morgan fingerprint density at radius 2 is 2.04 bits per heavy atom. The summed E-state index contributed by atoms with van der Waals surface area (Å²) < 4.78 is 14.6. The smallest absolute Gasteiger partial charge is 0.408 e. The Hall–Kier alpha value is -1.37. The second kappa shape index (κ2) is 7.57. The minimum absolute atomic E-state index is 0.217. The molecule has 0 radical (unpaired) electrons. The fourth-order valence-corrected chi connectivity index (χ4v) is 3.99. The number of rotatable bonds is 7. The summed E-state index contributed by atoms with van der Waals surface area (Å²) in [5.74, 6) is 1.20. The van der Waals surface area contributed by atoms with Crippen molar-refractivity contribution >= 4 is 23.6 Å². The summed E-state index contributed by atoms with van der Waals surface area (Å²) in [6.45, 7) is 12.2. The monoisotopic (exact) mass is 369 g/mol. The van der Waals surface area contributed by atoms with Gasteiger partial charge in [0.2, 0.25) is 0 Å². The molecule has 5 nitrogen and oxygen atoms in total. The first-order valence-electron chi connectivity index (χ1n) is 10.5. The molecule has 6 heteroatoms. The van der Waals surface area contributed by atoms with Gasteiger partial charge >= 0.3 is 7.12 Å². The van der Waals surface area contributed by atoms with Gasteiger partial charge in [0.1, 0.15) is 5.82 Å². The standard InChI is InChI=1S/C21H32BN3O2/c1-5-21(3,4)27-22(26-6-2)16-10-11-19-18(14-16)23-20-15-24(12-13-25(19)20)17-8-7-9-17/h10-11,14,17H,5-9,12-13,15H2,1-4H3. The van der Waals surface area contributed by atoms with Crippen molar-refractivity contribution in [1.82, 2.24) is 14.5 Å². The van der Waals surface area contributed by atoms with Crippen LogP contribution in [0.3, 0.4) is 0 Å². The molecule has 0 unspecified atom stereocenters. The van der Waals surface area contributed by atoms with Gasteiger partial charge in [0, 0.05) is 31.3 Å². The first-order chi connectivity index (χ1) is 13.0. The molecule has 0 atom stereocenters. The Balaban J connectivity index is 1.60. The van der Waals surface area contributed by atoms with E-state index in [1.54, 1.807) is 0 Å². The van der Waals surface area contributed by atoms with Crippen molar-refractivity contribution in [3.63, 3.8) is 0 Å². The fourth-order valence-electron chi connectivity index (χ4n) is 3.99. The molecule has 2 heterocycles. The number of hydrogen-bond donors (Lipinski definition) is 0. The quantitative estimate of drug-likeness (QED) is 0.702. The molecule has 146 valence electrons. The lowest BCUT2D eigenvalue weighted by Crippen LogP contribution is -2.44. The minimum Gasteiger partial charge on any atom is -0.408 e. The Kier molecular flexibility index (Phi) is 5.32. The number of imidazole rings is 1. The molecule has 1 aliphatic heterocycles. The third kappa shape index (κ3) is 3.80. The van der Waals surface area contributed by atoms with E-state index in [4.69, 9.17) is 14.3 Å².